The van der Waals surface area contributed by atoms with Crippen molar-refractivity contribution >= 4 is 23.4 Å². The smallest absolute Gasteiger partial charge is 0.384 e. The molecule has 112 valence electrons. The van der Waals surface area contributed by atoms with Crippen LogP contribution in [0.2, 0.25) is 0 Å². The molecular formula is C12H16F3N3OS. The fraction of sp³-hybridized carbons (Fsp3) is 0.500. The highest BCUT2D eigenvalue weighted by Gasteiger charge is 2.27. The molecule has 0 bridgehead atoms. The van der Waals surface area contributed by atoms with Crippen molar-refractivity contribution in [3.05, 3.63) is 24.0 Å². The van der Waals surface area contributed by atoms with Crippen molar-refractivity contribution in [1.82, 2.24) is 10.3 Å². The number of halogens is 3. The fourth-order valence-corrected chi connectivity index (χ4v) is 1.76. The third kappa shape index (κ3) is 6.65. The average molecular weight is 307 g/mol. The van der Waals surface area contributed by atoms with E-state index < -0.39 is 11.4 Å². The van der Waals surface area contributed by atoms with Gasteiger partial charge in [0.05, 0.1) is 11.9 Å². The predicted octanol–water partition coefficient (Wildman–Crippen LogP) is 2.89. The van der Waals surface area contributed by atoms with Crippen molar-refractivity contribution in [1.29, 1.82) is 0 Å². The van der Waals surface area contributed by atoms with Crippen molar-refractivity contribution in [3.8, 4) is 0 Å². The van der Waals surface area contributed by atoms with Crippen molar-refractivity contribution in [3.63, 3.8) is 0 Å². The largest absolute Gasteiger partial charge is 0.441 e. The second kappa shape index (κ2) is 7.98. The summed E-state index contributed by atoms with van der Waals surface area (Å²) in [5.74, 6) is -0.694. The van der Waals surface area contributed by atoms with Gasteiger partial charge in [-0.1, -0.05) is 6.92 Å². The molecule has 1 amide bonds. The zero-order valence-corrected chi connectivity index (χ0v) is 11.8. The Balaban J connectivity index is 2.36. The fourth-order valence-electron chi connectivity index (χ4n) is 1.32. The molecule has 1 rings (SSSR count). The number of rotatable bonds is 7. The average Bonchev–Trinajstić information content (AvgIpc) is 2.40. The van der Waals surface area contributed by atoms with Gasteiger partial charge >= 0.3 is 5.51 Å². The van der Waals surface area contributed by atoms with E-state index in [0.29, 0.717) is 0 Å². The second-order valence-electron chi connectivity index (χ2n) is 3.91. The minimum Gasteiger partial charge on any atom is -0.384 e. The number of carbonyl (C=O) groups excluding carboxylic acids is 1. The number of aromatic nitrogens is 1. The number of pyridine rings is 1. The zero-order valence-electron chi connectivity index (χ0n) is 11.0. The Morgan fingerprint density at radius 2 is 2.10 bits per heavy atom. The number of nitrogens with zero attached hydrogens (tertiary/aromatic N) is 1. The Kier molecular flexibility index (Phi) is 6.63. The highest BCUT2D eigenvalue weighted by atomic mass is 32.2. The third-order valence-electron chi connectivity index (χ3n) is 2.23. The van der Waals surface area contributed by atoms with Crippen molar-refractivity contribution in [2.45, 2.75) is 18.9 Å². The van der Waals surface area contributed by atoms with Gasteiger partial charge in [-0.25, -0.2) is 4.98 Å². The summed E-state index contributed by atoms with van der Waals surface area (Å²) in [6.45, 7) is 2.78. The minimum atomic E-state index is -4.27. The van der Waals surface area contributed by atoms with Gasteiger partial charge in [-0.3, -0.25) is 4.79 Å². The molecule has 0 aliphatic rings. The summed E-state index contributed by atoms with van der Waals surface area (Å²) in [6, 6.07) is 3.24. The molecule has 2 N–H and O–H groups in total. The van der Waals surface area contributed by atoms with Gasteiger partial charge in [0.15, 0.2) is 0 Å². The lowest BCUT2D eigenvalue weighted by molar-refractivity contribution is -0.0327. The van der Waals surface area contributed by atoms with Crippen LogP contribution >= 0.6 is 11.8 Å². The molecule has 0 aromatic carbocycles. The van der Waals surface area contributed by atoms with E-state index in [0.717, 1.165) is 18.7 Å². The molecule has 4 nitrogen and oxygen atoms in total. The van der Waals surface area contributed by atoms with E-state index in [1.807, 2.05) is 6.92 Å². The molecule has 1 aromatic heterocycles. The van der Waals surface area contributed by atoms with Crippen LogP contribution in [0, 0.1) is 0 Å². The standard InChI is InChI=1S/C12H16F3N3OS/c1-2-5-16-9-3-4-10(18-8-9)11(19)17-6-7-20-12(13,14)15/h3-4,8,16H,2,5-7H2,1H3,(H,17,19). The molecule has 0 unspecified atom stereocenters. The van der Waals surface area contributed by atoms with Gasteiger partial charge in [-0.15, -0.1) is 0 Å². The molecule has 0 aliphatic carbocycles. The van der Waals surface area contributed by atoms with Gasteiger partial charge in [0.25, 0.3) is 5.91 Å². The molecule has 0 saturated heterocycles. The number of alkyl halides is 3. The summed E-state index contributed by atoms with van der Waals surface area (Å²) in [7, 11) is 0. The molecule has 0 radical (unpaired) electrons. The first-order valence-corrected chi connectivity index (χ1v) is 7.09. The minimum absolute atomic E-state index is 0.0550. The predicted molar refractivity (Wildman–Crippen MR) is 73.9 cm³/mol. The van der Waals surface area contributed by atoms with Gasteiger partial charge in [-0.2, -0.15) is 13.2 Å². The summed E-state index contributed by atoms with van der Waals surface area (Å²) in [6.07, 6.45) is 2.49. The van der Waals surface area contributed by atoms with E-state index >= 15 is 0 Å². The Labute approximate surface area is 119 Å². The molecule has 0 spiro atoms. The van der Waals surface area contributed by atoms with E-state index in [-0.39, 0.29) is 29.8 Å². The number of anilines is 1. The number of hydrogen-bond acceptors (Lipinski definition) is 4. The summed E-state index contributed by atoms with van der Waals surface area (Å²) < 4.78 is 35.6. The summed E-state index contributed by atoms with van der Waals surface area (Å²) >= 11 is -0.163. The number of amides is 1. The number of hydrogen-bond donors (Lipinski definition) is 2. The highest BCUT2D eigenvalue weighted by Crippen LogP contribution is 2.29. The van der Waals surface area contributed by atoms with Crippen LogP contribution in [0.4, 0.5) is 18.9 Å². The summed E-state index contributed by atoms with van der Waals surface area (Å²) in [4.78, 5) is 15.6. The molecule has 0 atom stereocenters. The van der Waals surface area contributed by atoms with E-state index in [9.17, 15) is 18.0 Å². The maximum Gasteiger partial charge on any atom is 0.441 e. The maximum atomic E-state index is 11.9. The summed E-state index contributed by atoms with van der Waals surface area (Å²) in [5.41, 5.74) is -3.28. The molecular weight excluding hydrogens is 291 g/mol. The maximum absolute atomic E-state index is 11.9. The lowest BCUT2D eigenvalue weighted by Gasteiger charge is -2.07. The van der Waals surface area contributed by atoms with Crippen molar-refractivity contribution in [2.24, 2.45) is 0 Å². The van der Waals surface area contributed by atoms with Crippen LogP contribution in [0.3, 0.4) is 0 Å². The lowest BCUT2D eigenvalue weighted by Crippen LogP contribution is -2.27. The van der Waals surface area contributed by atoms with Crippen LogP contribution in [-0.4, -0.2) is 35.2 Å². The van der Waals surface area contributed by atoms with E-state index in [1.165, 1.54) is 12.3 Å². The molecule has 0 saturated carbocycles. The van der Waals surface area contributed by atoms with Gasteiger partial charge in [0.1, 0.15) is 5.69 Å². The monoisotopic (exact) mass is 307 g/mol. The SMILES string of the molecule is CCCNc1ccc(C(=O)NCCSC(F)(F)F)nc1. The molecule has 8 heteroatoms. The number of thioether (sulfide) groups is 1. The Bertz CT molecular complexity index is 423. The van der Waals surface area contributed by atoms with Gasteiger partial charge < -0.3 is 10.6 Å². The first-order valence-electron chi connectivity index (χ1n) is 6.11. The zero-order chi connectivity index (χ0) is 15.0. The van der Waals surface area contributed by atoms with Gasteiger partial charge in [-0.05, 0) is 30.3 Å². The van der Waals surface area contributed by atoms with Crippen LogP contribution in [0.25, 0.3) is 0 Å². The quantitative estimate of drug-likeness (QED) is 0.761. The molecule has 1 aromatic rings. The van der Waals surface area contributed by atoms with Crippen LogP contribution in [0.15, 0.2) is 18.3 Å². The van der Waals surface area contributed by atoms with Crippen molar-refractivity contribution < 1.29 is 18.0 Å². The van der Waals surface area contributed by atoms with Crippen LogP contribution in [0.1, 0.15) is 23.8 Å². The highest BCUT2D eigenvalue weighted by molar-refractivity contribution is 8.00. The molecule has 0 aliphatic heterocycles. The number of nitrogens with one attached hydrogen (secondary N) is 2. The van der Waals surface area contributed by atoms with Crippen LogP contribution in [-0.2, 0) is 0 Å². The number of carbonyl (C=O) groups is 1. The molecule has 0 fully saturated rings. The van der Waals surface area contributed by atoms with Crippen molar-refractivity contribution in [2.75, 3.05) is 24.2 Å². The summed E-state index contributed by atoms with van der Waals surface area (Å²) in [5, 5.41) is 5.50. The second-order valence-corrected chi connectivity index (χ2v) is 5.07. The Hall–Kier alpha value is -1.44. The Morgan fingerprint density at radius 3 is 2.65 bits per heavy atom. The molecule has 1 heterocycles. The topological polar surface area (TPSA) is 54.0 Å². The van der Waals surface area contributed by atoms with Gasteiger partial charge in [0, 0.05) is 18.8 Å². The van der Waals surface area contributed by atoms with E-state index in [2.05, 4.69) is 15.6 Å². The first kappa shape index (κ1) is 16.6. The van der Waals surface area contributed by atoms with Gasteiger partial charge in [0.2, 0.25) is 0 Å². The van der Waals surface area contributed by atoms with Crippen LogP contribution < -0.4 is 10.6 Å². The molecule has 20 heavy (non-hydrogen) atoms. The van der Waals surface area contributed by atoms with Crippen LogP contribution in [0.5, 0.6) is 0 Å². The Morgan fingerprint density at radius 1 is 1.35 bits per heavy atom. The normalized spacial score (nSPS) is 11.2. The van der Waals surface area contributed by atoms with E-state index in [1.54, 1.807) is 6.07 Å². The lowest BCUT2D eigenvalue weighted by atomic mass is 10.3. The third-order valence-corrected chi connectivity index (χ3v) is 2.96. The van der Waals surface area contributed by atoms with E-state index in [4.69, 9.17) is 0 Å². The first-order chi connectivity index (χ1) is 9.42.